The molecule has 0 aromatic heterocycles. The predicted molar refractivity (Wildman–Crippen MR) is 290 cm³/mol. The Bertz CT molecular complexity index is 3690. The van der Waals surface area contributed by atoms with Crippen LogP contribution < -0.4 is 82.8 Å². The van der Waals surface area contributed by atoms with E-state index in [0.29, 0.717) is 0 Å². The van der Waals surface area contributed by atoms with Crippen LogP contribution in [0.4, 0.5) is 45.5 Å². The first-order valence-corrected chi connectivity index (χ1v) is 24.3. The maximum absolute atomic E-state index is 7.08. The monoisotopic (exact) mass is 909 g/mol. The first kappa shape index (κ1) is 38.9. The van der Waals surface area contributed by atoms with Crippen LogP contribution in [0.2, 0.25) is 0 Å². The molecule has 6 aliphatic heterocycles. The summed E-state index contributed by atoms with van der Waals surface area (Å²) >= 11 is 0. The van der Waals surface area contributed by atoms with Crippen molar-refractivity contribution in [2.45, 2.75) is 0 Å². The van der Waals surface area contributed by atoms with Crippen molar-refractivity contribution >= 4 is 115 Å². The highest BCUT2D eigenvalue weighted by Gasteiger charge is 2.49. The van der Waals surface area contributed by atoms with Gasteiger partial charge < -0.3 is 33.6 Å². The van der Waals surface area contributed by atoms with Gasteiger partial charge in [-0.1, -0.05) is 115 Å². The molecule has 7 nitrogen and oxygen atoms in total. The lowest BCUT2D eigenvalue weighted by atomic mass is 9.29. The van der Waals surface area contributed by atoms with Gasteiger partial charge in [0.1, 0.15) is 46.0 Å². The number of hydrogen-bond acceptors (Lipinski definition) is 7. The molecule has 6 heterocycles. The summed E-state index contributed by atoms with van der Waals surface area (Å²) in [7, 11) is 2.16. The maximum Gasteiger partial charge on any atom is 0.260 e. The van der Waals surface area contributed by atoms with E-state index in [2.05, 4.69) is 222 Å². The third kappa shape index (κ3) is 5.47. The van der Waals surface area contributed by atoms with Crippen molar-refractivity contribution in [2.24, 2.45) is 0 Å². The van der Waals surface area contributed by atoms with Crippen LogP contribution in [0, 0.1) is 0 Å². The van der Waals surface area contributed by atoms with E-state index in [4.69, 9.17) is 18.9 Å². The summed E-state index contributed by atoms with van der Waals surface area (Å²) in [5.74, 6) is 6.69. The molecule has 0 amide bonds. The van der Waals surface area contributed by atoms with Crippen LogP contribution in [0.3, 0.4) is 0 Å². The Hall–Kier alpha value is -9.01. The Morgan fingerprint density at radius 1 is 0.296 bits per heavy atom. The molecule has 16 rings (SSSR count). The highest BCUT2D eigenvalue weighted by atomic mass is 16.5. The molecular weight excluding hydrogens is 871 g/mol. The second-order valence-corrected chi connectivity index (χ2v) is 19.2. The van der Waals surface area contributed by atoms with Gasteiger partial charge in [0, 0.05) is 75.6 Å². The molecule has 0 spiro atoms. The van der Waals surface area contributed by atoms with Gasteiger partial charge in [0.2, 0.25) is 0 Å². The third-order valence-corrected chi connectivity index (χ3v) is 15.5. The lowest BCUT2D eigenvalue weighted by Crippen LogP contribution is -2.65. The Kier molecular flexibility index (Phi) is 7.95. The van der Waals surface area contributed by atoms with Crippen molar-refractivity contribution in [1.29, 1.82) is 0 Å². The Balaban J connectivity index is 1.02. The van der Waals surface area contributed by atoms with Crippen molar-refractivity contribution in [3.63, 3.8) is 0 Å². The molecule has 0 saturated heterocycles. The average molecular weight is 909 g/mol. The summed E-state index contributed by atoms with van der Waals surface area (Å²) < 4.78 is 27.4. The van der Waals surface area contributed by atoms with Crippen molar-refractivity contribution in [3.8, 4) is 46.0 Å². The van der Waals surface area contributed by atoms with Gasteiger partial charge in [-0.3, -0.25) is 0 Å². The minimum atomic E-state index is -0.213. The van der Waals surface area contributed by atoms with Crippen molar-refractivity contribution < 1.29 is 18.9 Å². The van der Waals surface area contributed by atoms with E-state index in [1.807, 2.05) is 12.1 Å². The van der Waals surface area contributed by atoms with E-state index in [9.17, 15) is 0 Å². The molecule has 0 N–H and O–H groups in total. The largest absolute Gasteiger partial charge is 0.458 e. The molecule has 10 heteroatoms. The normalized spacial score (nSPS) is 14.0. The number of fused-ring (bicyclic) bond motifs is 12. The molecule has 0 radical (unpaired) electrons. The van der Waals surface area contributed by atoms with E-state index >= 15 is 0 Å². The zero-order chi connectivity index (χ0) is 46.5. The van der Waals surface area contributed by atoms with Crippen LogP contribution in [0.5, 0.6) is 46.0 Å². The van der Waals surface area contributed by atoms with Crippen LogP contribution in [-0.4, -0.2) is 27.2 Å². The first-order chi connectivity index (χ1) is 35.1. The van der Waals surface area contributed by atoms with Gasteiger partial charge in [0.25, 0.3) is 20.1 Å². The second kappa shape index (κ2) is 14.5. The number of ether oxygens (including phenoxy) is 4. The first-order valence-electron chi connectivity index (χ1n) is 24.3. The summed E-state index contributed by atoms with van der Waals surface area (Å²) in [6.45, 7) is -0.430. The summed E-state index contributed by atoms with van der Waals surface area (Å²) in [4.78, 5) is 7.23. The topological polar surface area (TPSA) is 46.6 Å². The van der Waals surface area contributed by atoms with E-state index in [1.165, 1.54) is 16.4 Å². The van der Waals surface area contributed by atoms with E-state index in [0.717, 1.165) is 124 Å². The van der Waals surface area contributed by atoms with Crippen LogP contribution >= 0.6 is 0 Å². The molecule has 10 aromatic carbocycles. The lowest BCUT2D eigenvalue weighted by molar-refractivity contribution is 0.464. The van der Waals surface area contributed by atoms with Gasteiger partial charge >= 0.3 is 0 Å². The molecule has 10 aromatic rings. The number of rotatable bonds is 4. The molecule has 6 aliphatic rings. The van der Waals surface area contributed by atoms with Crippen molar-refractivity contribution in [2.75, 3.05) is 21.7 Å². The quantitative estimate of drug-likeness (QED) is 0.164. The molecule has 71 heavy (non-hydrogen) atoms. The Morgan fingerprint density at radius 3 is 1.14 bits per heavy atom. The van der Waals surface area contributed by atoms with Crippen molar-refractivity contribution in [1.82, 2.24) is 0 Å². The molecule has 0 aliphatic carbocycles. The summed E-state index contributed by atoms with van der Waals surface area (Å²) in [6.07, 6.45) is 0. The van der Waals surface area contributed by atoms with Gasteiger partial charge in [0.15, 0.2) is 0 Å². The number of nitrogens with zero attached hydrogens (tertiary/aromatic N) is 3. The molecule has 0 fully saturated rings. The average Bonchev–Trinajstić information content (AvgIpc) is 3.42. The molecule has 0 unspecified atom stereocenters. The van der Waals surface area contributed by atoms with Gasteiger partial charge in [0.05, 0.1) is 0 Å². The highest BCUT2D eigenvalue weighted by Crippen LogP contribution is 2.49. The molecule has 0 saturated carbocycles. The smallest absolute Gasteiger partial charge is 0.260 e. The minimum Gasteiger partial charge on any atom is -0.458 e. The zero-order valence-corrected chi connectivity index (χ0v) is 38.4. The van der Waals surface area contributed by atoms with Crippen molar-refractivity contribution in [3.05, 3.63) is 212 Å². The SMILES string of the molecule is CN(c1ccccc1)c1cc2c3c(c1)N(c1ccccc1)c1cc4c(cc1B3c1cc3c(cc1N2c1ccccc1)Oc1cccc2c1B3c1ccccc1O2)B1c2ccccc2Oc2cccc(c21)O4. The van der Waals surface area contributed by atoms with Gasteiger partial charge in [-0.05, 0) is 123 Å². The van der Waals surface area contributed by atoms with Crippen LogP contribution in [0.15, 0.2) is 212 Å². The zero-order valence-electron chi connectivity index (χ0n) is 38.4. The van der Waals surface area contributed by atoms with Crippen LogP contribution in [0.25, 0.3) is 0 Å². The van der Waals surface area contributed by atoms with E-state index in [1.54, 1.807) is 0 Å². The summed E-state index contributed by atoms with van der Waals surface area (Å²) in [5, 5.41) is 0. The summed E-state index contributed by atoms with van der Waals surface area (Å²) in [6, 6.07) is 75.8. The van der Waals surface area contributed by atoms with Crippen LogP contribution in [0.1, 0.15) is 0 Å². The summed E-state index contributed by atoms with van der Waals surface area (Å²) in [5.41, 5.74) is 18.8. The second-order valence-electron chi connectivity index (χ2n) is 19.2. The predicted octanol–water partition coefficient (Wildman–Crippen LogP) is 8.99. The molecule has 330 valence electrons. The van der Waals surface area contributed by atoms with Gasteiger partial charge in [-0.2, -0.15) is 0 Å². The number of anilines is 8. The number of hydrogen-bond donors (Lipinski definition) is 0. The minimum absolute atomic E-state index is 0.109. The molecule has 0 bridgehead atoms. The Morgan fingerprint density at radius 2 is 0.676 bits per heavy atom. The highest BCUT2D eigenvalue weighted by molar-refractivity contribution is 7.03. The standard InChI is InChI=1S/C61H38B3N3O4/c1-65(37-17-5-2-6-18-37)40-31-49-59-50(32-40)67(39-21-9-4-10-22-39)48-36-58-46(63-42-24-12-14-26-52(42)69-54-28-16-30-56(71-58)61(54)63)34-44(48)64(59)43-33-45-57(35-47(43)66(49)38-19-7-3-8-20-38)70-55-29-15-27-53-60(55)62(45)41-23-11-13-25-51(41)68-53/h2-36H,1H3. The number of para-hydroxylation sites is 5. The molecule has 0 atom stereocenters. The fourth-order valence-electron chi connectivity index (χ4n) is 12.4. The molecular formula is C61H38B3N3O4. The number of benzene rings is 10. The van der Waals surface area contributed by atoms with E-state index in [-0.39, 0.29) is 20.1 Å². The fraction of sp³-hybridized carbons (Fsp3) is 0.0164. The van der Waals surface area contributed by atoms with E-state index < -0.39 is 0 Å². The maximum atomic E-state index is 7.08. The van der Waals surface area contributed by atoms with Gasteiger partial charge in [-0.25, -0.2) is 0 Å². The van der Waals surface area contributed by atoms with Crippen LogP contribution in [-0.2, 0) is 0 Å². The van der Waals surface area contributed by atoms with Gasteiger partial charge in [-0.15, -0.1) is 0 Å². The Labute approximate surface area is 411 Å². The third-order valence-electron chi connectivity index (χ3n) is 15.5. The fourth-order valence-corrected chi connectivity index (χ4v) is 12.4. The lowest BCUT2D eigenvalue weighted by Gasteiger charge is -2.46.